The van der Waals surface area contributed by atoms with Crippen LogP contribution in [0.15, 0.2) is 0 Å². The van der Waals surface area contributed by atoms with Crippen LogP contribution < -0.4 is 11.1 Å². The highest BCUT2D eigenvalue weighted by molar-refractivity contribution is 5.83. The van der Waals surface area contributed by atoms with Gasteiger partial charge in [-0.25, -0.2) is 0 Å². The van der Waals surface area contributed by atoms with E-state index in [1.165, 1.54) is 0 Å². The molecule has 1 aliphatic carbocycles. The second kappa shape index (κ2) is 5.85. The monoisotopic (exact) mass is 240 g/mol. The van der Waals surface area contributed by atoms with Crippen LogP contribution in [0.2, 0.25) is 0 Å². The van der Waals surface area contributed by atoms with Gasteiger partial charge in [0.05, 0.1) is 5.41 Å². The molecule has 3 atom stereocenters. The fourth-order valence-corrected chi connectivity index (χ4v) is 2.96. The van der Waals surface area contributed by atoms with E-state index < -0.39 is 0 Å². The summed E-state index contributed by atoms with van der Waals surface area (Å²) in [6.45, 7) is 8.48. The molecule has 0 aliphatic heterocycles. The largest absolute Gasteiger partial charge is 0.353 e. The van der Waals surface area contributed by atoms with Crippen molar-refractivity contribution in [2.45, 2.75) is 71.9 Å². The Kier molecular flexibility index (Phi) is 4.99. The molecule has 3 nitrogen and oxygen atoms in total. The molecular weight excluding hydrogens is 212 g/mol. The second-order valence-corrected chi connectivity index (χ2v) is 5.75. The summed E-state index contributed by atoms with van der Waals surface area (Å²) in [6.07, 6.45) is 5.20. The normalized spacial score (nSPS) is 30.6. The van der Waals surface area contributed by atoms with Crippen molar-refractivity contribution in [1.29, 1.82) is 0 Å². The van der Waals surface area contributed by atoms with E-state index >= 15 is 0 Å². The Morgan fingerprint density at radius 3 is 2.47 bits per heavy atom. The zero-order valence-electron chi connectivity index (χ0n) is 11.8. The van der Waals surface area contributed by atoms with Gasteiger partial charge in [0.25, 0.3) is 0 Å². The van der Waals surface area contributed by atoms with E-state index in [-0.39, 0.29) is 23.4 Å². The van der Waals surface area contributed by atoms with Crippen LogP contribution in [-0.4, -0.2) is 18.0 Å². The Balaban J connectivity index is 2.59. The maximum Gasteiger partial charge on any atom is 0.227 e. The highest BCUT2D eigenvalue weighted by Crippen LogP contribution is 2.37. The molecule has 1 rings (SSSR count). The first-order valence-corrected chi connectivity index (χ1v) is 7.02. The molecule has 0 spiro atoms. The first kappa shape index (κ1) is 14.5. The first-order chi connectivity index (χ1) is 7.95. The van der Waals surface area contributed by atoms with Gasteiger partial charge >= 0.3 is 0 Å². The van der Waals surface area contributed by atoms with Crippen LogP contribution in [0.25, 0.3) is 0 Å². The molecule has 0 bridgehead atoms. The average molecular weight is 240 g/mol. The lowest BCUT2D eigenvalue weighted by molar-refractivity contribution is -0.131. The molecule has 100 valence electrons. The van der Waals surface area contributed by atoms with Crippen LogP contribution in [-0.2, 0) is 4.79 Å². The Labute approximate surface area is 106 Å². The zero-order valence-corrected chi connectivity index (χ0v) is 11.8. The quantitative estimate of drug-likeness (QED) is 0.775. The Bertz CT molecular complexity index is 263. The molecule has 0 aromatic carbocycles. The number of nitrogens with one attached hydrogen (secondary N) is 1. The molecule has 3 heteroatoms. The van der Waals surface area contributed by atoms with Gasteiger partial charge in [-0.05, 0) is 32.6 Å². The van der Waals surface area contributed by atoms with Crippen LogP contribution >= 0.6 is 0 Å². The smallest absolute Gasteiger partial charge is 0.227 e. The minimum absolute atomic E-state index is 0.0244. The van der Waals surface area contributed by atoms with Crippen molar-refractivity contribution in [3.63, 3.8) is 0 Å². The Hall–Kier alpha value is -0.570. The van der Waals surface area contributed by atoms with Gasteiger partial charge in [0.2, 0.25) is 5.91 Å². The maximum atomic E-state index is 12.3. The minimum Gasteiger partial charge on any atom is -0.353 e. The topological polar surface area (TPSA) is 55.1 Å². The van der Waals surface area contributed by atoms with Gasteiger partial charge in [0.1, 0.15) is 0 Å². The summed E-state index contributed by atoms with van der Waals surface area (Å²) in [4.78, 5) is 12.3. The van der Waals surface area contributed by atoms with Crippen LogP contribution in [0.1, 0.15) is 59.8 Å². The molecule has 1 aliphatic rings. The summed E-state index contributed by atoms with van der Waals surface area (Å²) in [6, 6.07) is 0.276. The van der Waals surface area contributed by atoms with Crippen molar-refractivity contribution in [3.05, 3.63) is 0 Å². The van der Waals surface area contributed by atoms with E-state index in [0.29, 0.717) is 5.92 Å². The number of amides is 1. The fraction of sp³-hybridized carbons (Fsp3) is 0.929. The van der Waals surface area contributed by atoms with Gasteiger partial charge in [-0.3, -0.25) is 4.79 Å². The predicted octanol–water partition coefficient (Wildman–Crippen LogP) is 2.44. The Morgan fingerprint density at radius 1 is 1.47 bits per heavy atom. The number of hydrogen-bond acceptors (Lipinski definition) is 2. The molecule has 3 unspecified atom stereocenters. The summed E-state index contributed by atoms with van der Waals surface area (Å²) in [5.41, 5.74) is 5.72. The Morgan fingerprint density at radius 2 is 2.06 bits per heavy atom. The molecule has 0 radical (unpaired) electrons. The van der Waals surface area contributed by atoms with Gasteiger partial charge in [-0.1, -0.05) is 33.1 Å². The van der Waals surface area contributed by atoms with Crippen molar-refractivity contribution in [1.82, 2.24) is 5.32 Å². The van der Waals surface area contributed by atoms with Gasteiger partial charge in [0, 0.05) is 12.1 Å². The van der Waals surface area contributed by atoms with Crippen LogP contribution in [0.4, 0.5) is 0 Å². The highest BCUT2D eigenvalue weighted by atomic mass is 16.2. The van der Waals surface area contributed by atoms with E-state index in [1.807, 2.05) is 6.92 Å². The summed E-state index contributed by atoms with van der Waals surface area (Å²) in [7, 11) is 0. The third-order valence-electron chi connectivity index (χ3n) is 4.66. The SMILES string of the molecule is CCC(CC)C(C)NC(=O)C1(C)CCCC1N. The average Bonchev–Trinajstić information content (AvgIpc) is 2.62. The fourth-order valence-electron chi connectivity index (χ4n) is 2.96. The third-order valence-corrected chi connectivity index (χ3v) is 4.66. The lowest BCUT2D eigenvalue weighted by Crippen LogP contribution is -2.51. The predicted molar refractivity (Wildman–Crippen MR) is 71.6 cm³/mol. The minimum atomic E-state index is -0.347. The van der Waals surface area contributed by atoms with Gasteiger partial charge in [-0.15, -0.1) is 0 Å². The molecular formula is C14H28N2O. The highest BCUT2D eigenvalue weighted by Gasteiger charge is 2.43. The van der Waals surface area contributed by atoms with E-state index in [2.05, 4.69) is 26.1 Å². The van der Waals surface area contributed by atoms with Gasteiger partial charge in [0.15, 0.2) is 0 Å². The van der Waals surface area contributed by atoms with Crippen molar-refractivity contribution in [2.75, 3.05) is 0 Å². The molecule has 1 saturated carbocycles. The number of carbonyl (C=O) groups excluding carboxylic acids is 1. The molecule has 0 heterocycles. The lowest BCUT2D eigenvalue weighted by Gasteiger charge is -2.31. The first-order valence-electron chi connectivity index (χ1n) is 7.02. The molecule has 1 amide bonds. The molecule has 0 aromatic heterocycles. The van der Waals surface area contributed by atoms with E-state index in [0.717, 1.165) is 32.1 Å². The lowest BCUT2D eigenvalue weighted by atomic mass is 9.83. The van der Waals surface area contributed by atoms with Crippen LogP contribution in [0.5, 0.6) is 0 Å². The maximum absolute atomic E-state index is 12.3. The summed E-state index contributed by atoms with van der Waals surface area (Å²) >= 11 is 0. The summed E-state index contributed by atoms with van der Waals surface area (Å²) in [5, 5.41) is 3.18. The third kappa shape index (κ3) is 3.01. The van der Waals surface area contributed by atoms with Crippen molar-refractivity contribution >= 4 is 5.91 Å². The van der Waals surface area contributed by atoms with E-state index in [4.69, 9.17) is 5.73 Å². The molecule has 0 aromatic rings. The summed E-state index contributed by atoms with van der Waals surface area (Å²) in [5.74, 6) is 0.724. The van der Waals surface area contributed by atoms with Gasteiger partial charge in [-0.2, -0.15) is 0 Å². The number of nitrogens with two attached hydrogens (primary N) is 1. The molecule has 17 heavy (non-hydrogen) atoms. The molecule has 0 saturated heterocycles. The van der Waals surface area contributed by atoms with Crippen LogP contribution in [0.3, 0.4) is 0 Å². The number of rotatable bonds is 5. The van der Waals surface area contributed by atoms with Gasteiger partial charge < -0.3 is 11.1 Å². The van der Waals surface area contributed by atoms with Crippen molar-refractivity contribution < 1.29 is 4.79 Å². The number of carbonyl (C=O) groups is 1. The summed E-state index contributed by atoms with van der Waals surface area (Å²) < 4.78 is 0. The van der Waals surface area contributed by atoms with E-state index in [9.17, 15) is 4.79 Å². The zero-order chi connectivity index (χ0) is 13.1. The standard InChI is InChI=1S/C14H28N2O/c1-5-11(6-2)10(3)16-13(17)14(4)9-7-8-12(14)15/h10-12H,5-9,15H2,1-4H3,(H,16,17). The van der Waals surface area contributed by atoms with Crippen LogP contribution in [0, 0.1) is 11.3 Å². The van der Waals surface area contributed by atoms with E-state index in [1.54, 1.807) is 0 Å². The van der Waals surface area contributed by atoms with Crippen molar-refractivity contribution in [2.24, 2.45) is 17.1 Å². The number of hydrogen-bond donors (Lipinski definition) is 2. The molecule has 3 N–H and O–H groups in total. The second-order valence-electron chi connectivity index (χ2n) is 5.75. The van der Waals surface area contributed by atoms with Crippen molar-refractivity contribution in [3.8, 4) is 0 Å². The molecule has 1 fully saturated rings.